The molecule has 1 aliphatic rings. The van der Waals surface area contributed by atoms with E-state index in [1.807, 2.05) is 0 Å². The lowest BCUT2D eigenvalue weighted by Crippen LogP contribution is -2.37. The minimum absolute atomic E-state index is 0.0242. The fourth-order valence-electron chi connectivity index (χ4n) is 3.94. The van der Waals surface area contributed by atoms with Crippen LogP contribution in [0, 0.1) is 0 Å². The maximum atomic E-state index is 13.0. The number of amides is 4. The van der Waals surface area contributed by atoms with Gasteiger partial charge in [0.15, 0.2) is 5.75 Å². The van der Waals surface area contributed by atoms with E-state index >= 15 is 0 Å². The first kappa shape index (κ1) is 30.3. The molecule has 42 heavy (non-hydrogen) atoms. The second kappa shape index (κ2) is 12.4. The number of anilines is 2. The summed E-state index contributed by atoms with van der Waals surface area (Å²) < 4.78 is 11.4. The Morgan fingerprint density at radius 3 is 2.21 bits per heavy atom. The Labute approximate surface area is 247 Å². The van der Waals surface area contributed by atoms with Crippen LogP contribution in [0.25, 0.3) is 0 Å². The first-order chi connectivity index (χ1) is 19.8. The van der Waals surface area contributed by atoms with Gasteiger partial charge in [-0.1, -0.05) is 30.0 Å². The average molecular weight is 594 g/mol. The quantitative estimate of drug-likeness (QED) is 0.311. The van der Waals surface area contributed by atoms with Crippen molar-refractivity contribution in [3.05, 3.63) is 72.3 Å². The van der Waals surface area contributed by atoms with Crippen molar-refractivity contribution in [1.29, 1.82) is 0 Å². The lowest BCUT2D eigenvalue weighted by Gasteiger charge is -2.29. The van der Waals surface area contributed by atoms with Gasteiger partial charge in [0.1, 0.15) is 28.5 Å². The second-order valence-corrected chi connectivity index (χ2v) is 11.6. The predicted molar refractivity (Wildman–Crippen MR) is 158 cm³/mol. The number of aromatic hydroxyl groups is 1. The Morgan fingerprint density at radius 1 is 0.952 bits per heavy atom. The van der Waals surface area contributed by atoms with E-state index in [0.29, 0.717) is 23.7 Å². The zero-order chi connectivity index (χ0) is 30.6. The SMILES string of the molecule is CC(=O)N(Oc1ccc(CC2SC(=O)NC2=O)cc1)c1ccc(Oc2cccc(O)c2)cc1N(C)C(=O)OC(C)(C)C. The normalized spacial score (nSPS) is 14.6. The standard InChI is InChI=1S/C30H31N3O8S/c1-18(34)33(41-21-11-9-19(10-12-21)15-26-27(36)31-28(37)42-26)24-14-13-23(39-22-8-6-7-20(35)16-22)17-25(24)32(5)29(38)40-30(2,3)4/h6-14,16-17,26,35H,15H2,1-5H3,(H,31,36,37). The molecule has 11 nitrogen and oxygen atoms in total. The van der Waals surface area contributed by atoms with Crippen LogP contribution in [0.15, 0.2) is 66.7 Å². The Bertz CT molecular complexity index is 1500. The second-order valence-electron chi connectivity index (χ2n) is 10.4. The van der Waals surface area contributed by atoms with Gasteiger partial charge in [0.25, 0.3) is 11.1 Å². The molecule has 0 bridgehead atoms. The van der Waals surface area contributed by atoms with Crippen molar-refractivity contribution in [2.75, 3.05) is 17.0 Å². The number of imide groups is 1. The van der Waals surface area contributed by atoms with E-state index in [1.165, 1.54) is 31.0 Å². The van der Waals surface area contributed by atoms with E-state index in [1.54, 1.807) is 75.4 Å². The molecule has 0 aromatic heterocycles. The number of rotatable bonds is 8. The van der Waals surface area contributed by atoms with Gasteiger partial charge in [0, 0.05) is 26.1 Å². The van der Waals surface area contributed by atoms with E-state index in [9.17, 15) is 24.3 Å². The molecule has 3 aromatic carbocycles. The molecule has 4 amide bonds. The molecule has 1 unspecified atom stereocenters. The van der Waals surface area contributed by atoms with Gasteiger partial charge in [-0.05, 0) is 69.2 Å². The molecule has 1 atom stereocenters. The van der Waals surface area contributed by atoms with Gasteiger partial charge < -0.3 is 19.4 Å². The topological polar surface area (TPSA) is 135 Å². The number of ether oxygens (including phenoxy) is 2. The lowest BCUT2D eigenvalue weighted by atomic mass is 10.1. The van der Waals surface area contributed by atoms with E-state index in [-0.39, 0.29) is 28.3 Å². The minimum atomic E-state index is -0.773. The van der Waals surface area contributed by atoms with Crippen LogP contribution in [0.4, 0.5) is 21.0 Å². The van der Waals surface area contributed by atoms with Crippen LogP contribution in [-0.2, 0) is 20.7 Å². The van der Waals surface area contributed by atoms with Crippen LogP contribution >= 0.6 is 11.8 Å². The third-order valence-electron chi connectivity index (χ3n) is 5.84. The molecule has 0 spiro atoms. The summed E-state index contributed by atoms with van der Waals surface area (Å²) >= 11 is 0.948. The molecule has 3 aromatic rings. The van der Waals surface area contributed by atoms with Crippen molar-refractivity contribution in [2.24, 2.45) is 0 Å². The Hall–Kier alpha value is -4.71. The number of carbonyl (C=O) groups is 4. The van der Waals surface area contributed by atoms with Gasteiger partial charge in [-0.15, -0.1) is 5.06 Å². The number of phenolic OH excluding ortho intramolecular Hbond substituents is 1. The van der Waals surface area contributed by atoms with Gasteiger partial charge in [-0.3, -0.25) is 24.6 Å². The number of hydrogen-bond donors (Lipinski definition) is 2. The highest BCUT2D eigenvalue weighted by Gasteiger charge is 2.31. The Morgan fingerprint density at radius 2 is 1.62 bits per heavy atom. The summed E-state index contributed by atoms with van der Waals surface area (Å²) in [5.74, 6) is 0.236. The first-order valence-corrected chi connectivity index (χ1v) is 13.8. The summed E-state index contributed by atoms with van der Waals surface area (Å²) in [5.41, 5.74) is 0.520. The molecule has 220 valence electrons. The molecular formula is C30H31N3O8S. The molecule has 0 saturated carbocycles. The van der Waals surface area contributed by atoms with Crippen molar-refractivity contribution in [2.45, 2.75) is 45.0 Å². The molecule has 4 rings (SSSR count). The van der Waals surface area contributed by atoms with Crippen molar-refractivity contribution in [3.63, 3.8) is 0 Å². The van der Waals surface area contributed by atoms with Crippen molar-refractivity contribution < 1.29 is 38.6 Å². The van der Waals surface area contributed by atoms with Gasteiger partial charge >= 0.3 is 6.09 Å². The van der Waals surface area contributed by atoms with Crippen molar-refractivity contribution >= 4 is 46.3 Å². The first-order valence-electron chi connectivity index (χ1n) is 13.0. The average Bonchev–Trinajstić information content (AvgIpc) is 3.22. The molecule has 1 aliphatic heterocycles. The number of nitrogens with one attached hydrogen (secondary N) is 1. The summed E-state index contributed by atoms with van der Waals surface area (Å²) in [6.07, 6.45) is -0.317. The van der Waals surface area contributed by atoms with Crippen molar-refractivity contribution in [3.8, 4) is 23.0 Å². The number of thioether (sulfide) groups is 1. The highest BCUT2D eigenvalue weighted by Crippen LogP contribution is 2.37. The van der Waals surface area contributed by atoms with Crippen LogP contribution < -0.4 is 24.9 Å². The lowest BCUT2D eigenvalue weighted by molar-refractivity contribution is -0.120. The van der Waals surface area contributed by atoms with Gasteiger partial charge in [-0.25, -0.2) is 4.79 Å². The molecule has 2 N–H and O–H groups in total. The number of benzene rings is 3. The molecule has 1 heterocycles. The smallest absolute Gasteiger partial charge is 0.414 e. The molecule has 0 radical (unpaired) electrons. The molecule has 1 fully saturated rings. The number of phenols is 1. The van der Waals surface area contributed by atoms with E-state index in [4.69, 9.17) is 14.3 Å². The fourth-order valence-corrected chi connectivity index (χ4v) is 4.80. The summed E-state index contributed by atoms with van der Waals surface area (Å²) in [6.45, 7) is 6.54. The zero-order valence-electron chi connectivity index (χ0n) is 23.7. The molecule has 0 aliphatic carbocycles. The Kier molecular flexibility index (Phi) is 8.96. The summed E-state index contributed by atoms with van der Waals surface area (Å²) in [6, 6.07) is 17.7. The number of hydroxylamine groups is 1. The van der Waals surface area contributed by atoms with Crippen LogP contribution in [0.3, 0.4) is 0 Å². The molecular weight excluding hydrogens is 562 g/mol. The third-order valence-corrected chi connectivity index (χ3v) is 6.82. The fraction of sp³-hybridized carbons (Fsp3) is 0.267. The predicted octanol–water partition coefficient (Wildman–Crippen LogP) is 5.80. The van der Waals surface area contributed by atoms with Crippen LogP contribution in [-0.4, -0.2) is 46.2 Å². The summed E-state index contributed by atoms with van der Waals surface area (Å²) in [7, 11) is 1.50. The maximum Gasteiger partial charge on any atom is 0.414 e. The third kappa shape index (κ3) is 7.72. The van der Waals surface area contributed by atoms with Crippen LogP contribution in [0.2, 0.25) is 0 Å². The van der Waals surface area contributed by atoms with E-state index in [0.717, 1.165) is 22.4 Å². The van der Waals surface area contributed by atoms with E-state index in [2.05, 4.69) is 5.32 Å². The van der Waals surface area contributed by atoms with Gasteiger partial charge in [0.05, 0.1) is 10.9 Å². The monoisotopic (exact) mass is 593 g/mol. The summed E-state index contributed by atoms with van der Waals surface area (Å²) in [4.78, 5) is 56.4. The minimum Gasteiger partial charge on any atom is -0.508 e. The largest absolute Gasteiger partial charge is 0.508 e. The molecule has 1 saturated heterocycles. The highest BCUT2D eigenvalue weighted by molar-refractivity contribution is 8.15. The van der Waals surface area contributed by atoms with Crippen molar-refractivity contribution in [1.82, 2.24) is 5.32 Å². The number of carbonyl (C=O) groups excluding carboxylic acids is 4. The van der Waals surface area contributed by atoms with Gasteiger partial charge in [-0.2, -0.15) is 0 Å². The van der Waals surface area contributed by atoms with Gasteiger partial charge in [0.2, 0.25) is 5.91 Å². The maximum absolute atomic E-state index is 13.0. The molecule has 12 heteroatoms. The highest BCUT2D eigenvalue weighted by atomic mass is 32.2. The summed E-state index contributed by atoms with van der Waals surface area (Å²) in [5, 5.41) is 12.2. The van der Waals surface area contributed by atoms with E-state index < -0.39 is 22.9 Å². The van der Waals surface area contributed by atoms with Crippen LogP contribution in [0.1, 0.15) is 33.3 Å². The number of nitrogens with zero attached hydrogens (tertiary/aromatic N) is 2. The Balaban J connectivity index is 1.63. The van der Waals surface area contributed by atoms with Crippen LogP contribution in [0.5, 0.6) is 23.0 Å². The number of hydrogen-bond acceptors (Lipinski definition) is 9. The zero-order valence-corrected chi connectivity index (χ0v) is 24.6.